The zero-order valence-electron chi connectivity index (χ0n) is 10.7. The average Bonchev–Trinajstić information content (AvgIpc) is 2.94. The summed E-state index contributed by atoms with van der Waals surface area (Å²) in [5.41, 5.74) is -4.00. The second-order valence-electron chi connectivity index (χ2n) is 4.09. The summed E-state index contributed by atoms with van der Waals surface area (Å²) in [6, 6.07) is 0. The van der Waals surface area contributed by atoms with Crippen molar-refractivity contribution in [3.8, 4) is 0 Å². The molecular weight excluding hydrogens is 457 g/mol. The monoisotopic (exact) mass is 459 g/mol. The molecule has 128 valence electrons. The van der Waals surface area contributed by atoms with Crippen LogP contribution in [0.3, 0.4) is 0 Å². The van der Waals surface area contributed by atoms with Gasteiger partial charge in [0, 0.05) is 7.05 Å². The number of aromatic nitrogens is 3. The minimum atomic E-state index is -5.56. The number of halogens is 7. The molecular formula is C9H4BrClF5N3O2S2. The van der Waals surface area contributed by atoms with Gasteiger partial charge in [0.1, 0.15) is 10.7 Å². The number of hydrogen-bond donors (Lipinski definition) is 0. The minimum Gasteiger partial charge on any atom is -0.256 e. The first kappa shape index (κ1) is 18.5. The number of nitrogens with zero attached hydrogens (tertiary/aromatic N) is 3. The number of alkyl halides is 5. The van der Waals surface area contributed by atoms with Crippen molar-refractivity contribution in [1.29, 1.82) is 0 Å². The van der Waals surface area contributed by atoms with E-state index in [9.17, 15) is 30.4 Å². The largest absolute Gasteiger partial charge is 0.435 e. The molecule has 0 bridgehead atoms. The van der Waals surface area contributed by atoms with Crippen molar-refractivity contribution in [3.05, 3.63) is 26.4 Å². The summed E-state index contributed by atoms with van der Waals surface area (Å²) in [6.45, 7) is 0. The maximum Gasteiger partial charge on any atom is 0.435 e. The van der Waals surface area contributed by atoms with Crippen LogP contribution in [-0.2, 0) is 28.3 Å². The lowest BCUT2D eigenvalue weighted by Crippen LogP contribution is -2.29. The lowest BCUT2D eigenvalue weighted by molar-refractivity contribution is -0.143. The van der Waals surface area contributed by atoms with Crippen LogP contribution in [0.1, 0.15) is 11.3 Å². The molecule has 0 aliphatic heterocycles. The smallest absolute Gasteiger partial charge is 0.256 e. The molecule has 2 rings (SSSR count). The van der Waals surface area contributed by atoms with Gasteiger partial charge in [-0.25, -0.2) is 13.4 Å². The molecule has 14 heteroatoms. The fraction of sp³-hybridized carbons (Fsp3) is 0.333. The lowest BCUT2D eigenvalue weighted by Gasteiger charge is -2.16. The van der Waals surface area contributed by atoms with Crippen molar-refractivity contribution in [2.45, 2.75) is 15.8 Å². The summed E-state index contributed by atoms with van der Waals surface area (Å²) in [5.74, 6) is 0. The quantitative estimate of drug-likeness (QED) is 0.653. The lowest BCUT2D eigenvalue weighted by atomic mass is 10.2. The highest BCUT2D eigenvalue weighted by Crippen LogP contribution is 2.47. The summed E-state index contributed by atoms with van der Waals surface area (Å²) in [5, 5.41) is -3.26. The van der Waals surface area contributed by atoms with Crippen LogP contribution in [0.4, 0.5) is 22.0 Å². The van der Waals surface area contributed by atoms with E-state index in [-0.39, 0.29) is 3.79 Å². The number of rotatable bonds is 3. The Kier molecular flexibility index (Phi) is 4.54. The van der Waals surface area contributed by atoms with Crippen molar-refractivity contribution in [3.63, 3.8) is 0 Å². The van der Waals surface area contributed by atoms with E-state index in [2.05, 4.69) is 26.0 Å². The van der Waals surface area contributed by atoms with E-state index in [1.807, 2.05) is 0 Å². The third-order valence-electron chi connectivity index (χ3n) is 2.56. The first-order chi connectivity index (χ1) is 10.3. The molecule has 0 aliphatic rings. The van der Waals surface area contributed by atoms with Crippen LogP contribution >= 0.6 is 38.9 Å². The predicted molar refractivity (Wildman–Crippen MR) is 74.1 cm³/mol. The first-order valence-corrected chi connectivity index (χ1v) is 8.81. The Morgan fingerprint density at radius 3 is 2.30 bits per heavy atom. The van der Waals surface area contributed by atoms with Gasteiger partial charge in [0.2, 0.25) is 4.34 Å². The van der Waals surface area contributed by atoms with E-state index in [1.54, 1.807) is 0 Å². The van der Waals surface area contributed by atoms with Crippen molar-refractivity contribution < 1.29 is 30.4 Å². The summed E-state index contributed by atoms with van der Waals surface area (Å²) >= 11 is 8.60. The maximum absolute atomic E-state index is 14.4. The third kappa shape index (κ3) is 2.98. The number of thiazole rings is 1. The number of hydrogen-bond acceptors (Lipinski definition) is 5. The van der Waals surface area contributed by atoms with Gasteiger partial charge in [0.15, 0.2) is 5.69 Å². The average molecular weight is 461 g/mol. The van der Waals surface area contributed by atoms with Crippen LogP contribution in [0.2, 0.25) is 5.15 Å². The number of aryl methyl sites for hydroxylation is 1. The Hall–Kier alpha value is -0.790. The third-order valence-corrected chi connectivity index (χ3v) is 6.62. The van der Waals surface area contributed by atoms with Crippen molar-refractivity contribution in [2.75, 3.05) is 0 Å². The van der Waals surface area contributed by atoms with E-state index in [1.165, 1.54) is 0 Å². The molecule has 0 radical (unpaired) electrons. The van der Waals surface area contributed by atoms with Crippen molar-refractivity contribution in [1.82, 2.24) is 14.8 Å². The second kappa shape index (κ2) is 5.63. The van der Waals surface area contributed by atoms with Gasteiger partial charge in [0.05, 0.1) is 9.98 Å². The molecule has 0 aliphatic carbocycles. The van der Waals surface area contributed by atoms with Crippen LogP contribution in [0.15, 0.2) is 14.3 Å². The summed E-state index contributed by atoms with van der Waals surface area (Å²) in [7, 11) is -4.68. The molecule has 0 unspecified atom stereocenters. The van der Waals surface area contributed by atoms with Gasteiger partial charge < -0.3 is 0 Å². The molecule has 0 N–H and O–H groups in total. The Morgan fingerprint density at radius 1 is 1.30 bits per heavy atom. The normalized spacial score (nSPS) is 13.6. The molecule has 2 aromatic rings. The molecule has 23 heavy (non-hydrogen) atoms. The predicted octanol–water partition coefficient (Wildman–Crippen LogP) is 3.83. The molecule has 0 spiro atoms. The van der Waals surface area contributed by atoms with Crippen LogP contribution < -0.4 is 0 Å². The highest BCUT2D eigenvalue weighted by atomic mass is 79.9. The van der Waals surface area contributed by atoms with Gasteiger partial charge >= 0.3 is 11.4 Å². The standard InChI is InChI=1S/C9H4BrClF5N3O2S2/c1-19-6(11)4(5(18-19)8(12,13)14)9(15,16)23(20,21)7-17-2-3(10)22-7/h2H,1H3. The van der Waals surface area contributed by atoms with E-state index in [4.69, 9.17) is 11.6 Å². The number of sulfone groups is 1. The molecule has 2 heterocycles. The SMILES string of the molecule is Cn1nc(C(F)(F)F)c(C(F)(F)S(=O)(=O)c2ncc(Br)s2)c1Cl. The van der Waals surface area contributed by atoms with E-state index < -0.39 is 42.0 Å². The van der Waals surface area contributed by atoms with Gasteiger partial charge in [-0.3, -0.25) is 4.68 Å². The molecule has 0 saturated heterocycles. The second-order valence-corrected chi connectivity index (χ2v) is 9.02. The van der Waals surface area contributed by atoms with Gasteiger partial charge in [-0.1, -0.05) is 22.9 Å². The van der Waals surface area contributed by atoms with Gasteiger partial charge in [0.25, 0.3) is 9.84 Å². The van der Waals surface area contributed by atoms with Crippen LogP contribution in [0, 0.1) is 0 Å². The highest BCUT2D eigenvalue weighted by Gasteiger charge is 2.57. The Morgan fingerprint density at radius 2 is 1.87 bits per heavy atom. The van der Waals surface area contributed by atoms with Crippen LogP contribution in [0.25, 0.3) is 0 Å². The van der Waals surface area contributed by atoms with Crippen LogP contribution in [-0.4, -0.2) is 23.2 Å². The Balaban J connectivity index is 2.74. The molecule has 2 aromatic heterocycles. The molecule has 0 aromatic carbocycles. The van der Waals surface area contributed by atoms with Crippen molar-refractivity contribution in [2.24, 2.45) is 7.05 Å². The molecule has 5 nitrogen and oxygen atoms in total. The summed E-state index contributed by atoms with van der Waals surface area (Å²) < 4.78 is 90.9. The van der Waals surface area contributed by atoms with Crippen molar-refractivity contribution >= 4 is 48.7 Å². The molecule has 0 atom stereocenters. The fourth-order valence-corrected chi connectivity index (χ4v) is 5.03. The molecule has 0 amide bonds. The van der Waals surface area contributed by atoms with E-state index >= 15 is 0 Å². The minimum absolute atomic E-state index is 0.111. The molecule has 0 saturated carbocycles. The van der Waals surface area contributed by atoms with Crippen LogP contribution in [0.5, 0.6) is 0 Å². The van der Waals surface area contributed by atoms with E-state index in [0.29, 0.717) is 16.0 Å². The zero-order chi connectivity index (χ0) is 17.8. The van der Waals surface area contributed by atoms with Gasteiger partial charge in [-0.2, -0.15) is 27.1 Å². The summed E-state index contributed by atoms with van der Waals surface area (Å²) in [4.78, 5) is 3.26. The molecule has 0 fully saturated rings. The Bertz CT molecular complexity index is 861. The Labute approximate surface area is 143 Å². The highest BCUT2D eigenvalue weighted by molar-refractivity contribution is 9.11. The zero-order valence-corrected chi connectivity index (χ0v) is 14.7. The fourth-order valence-electron chi connectivity index (χ4n) is 1.57. The van der Waals surface area contributed by atoms with Gasteiger partial charge in [-0.05, 0) is 15.9 Å². The van der Waals surface area contributed by atoms with Gasteiger partial charge in [-0.15, -0.1) is 0 Å². The maximum atomic E-state index is 14.4. The topological polar surface area (TPSA) is 64.8 Å². The van der Waals surface area contributed by atoms with E-state index in [0.717, 1.165) is 13.2 Å². The summed E-state index contributed by atoms with van der Waals surface area (Å²) in [6.07, 6.45) is -4.38. The first-order valence-electron chi connectivity index (χ1n) is 5.34.